The van der Waals surface area contributed by atoms with Crippen molar-refractivity contribution in [3.05, 3.63) is 95.3 Å². The van der Waals surface area contributed by atoms with E-state index in [2.05, 4.69) is 35.4 Å². The van der Waals surface area contributed by atoms with Crippen LogP contribution in [0.2, 0.25) is 0 Å². The molecule has 0 saturated heterocycles. The highest BCUT2D eigenvalue weighted by Crippen LogP contribution is 2.26. The third-order valence-corrected chi connectivity index (χ3v) is 5.48. The number of hydrogen-bond donors (Lipinski definition) is 1. The van der Waals surface area contributed by atoms with Gasteiger partial charge in [-0.25, -0.2) is 0 Å². The lowest BCUT2D eigenvalue weighted by Crippen LogP contribution is -2.08. The molecule has 3 aromatic carbocycles. The lowest BCUT2D eigenvalue weighted by atomic mass is 10.0. The number of rotatable bonds is 9. The number of aromatic nitrogens is 2. The molecule has 0 radical (unpaired) electrons. The quantitative estimate of drug-likeness (QED) is 0.417. The van der Waals surface area contributed by atoms with Crippen LogP contribution in [-0.4, -0.2) is 27.5 Å². The van der Waals surface area contributed by atoms with Crippen LogP contribution >= 0.6 is 0 Å². The fourth-order valence-corrected chi connectivity index (χ4v) is 3.77. The Hall–Kier alpha value is -3.60. The second-order valence-electron chi connectivity index (χ2n) is 7.76. The molecule has 0 aliphatic rings. The standard InChI is InChI=1S/C26H26N2O3/c1-19-15-23(9-10-26(29)30)25(17-24(19)18-28-13-4-12-27-28)31-14-11-20-7-8-21-5-2-3-6-22(21)16-20/h2-8,12-13,15-17H,9-11,14,18H2,1H3,(H,29,30). The first-order chi connectivity index (χ1) is 15.1. The summed E-state index contributed by atoms with van der Waals surface area (Å²) in [4.78, 5) is 11.1. The normalized spacial score (nSPS) is 11.0. The Morgan fingerprint density at radius 2 is 1.84 bits per heavy atom. The van der Waals surface area contributed by atoms with Gasteiger partial charge in [-0.05, 0) is 58.5 Å². The van der Waals surface area contributed by atoms with E-state index in [1.165, 1.54) is 16.3 Å². The molecule has 158 valence electrons. The molecule has 1 N–H and O–H groups in total. The molecule has 0 aliphatic heterocycles. The van der Waals surface area contributed by atoms with Gasteiger partial charge >= 0.3 is 5.97 Å². The van der Waals surface area contributed by atoms with Crippen LogP contribution < -0.4 is 4.74 Å². The van der Waals surface area contributed by atoms with Gasteiger partial charge in [-0.15, -0.1) is 0 Å². The average Bonchev–Trinajstić information content (AvgIpc) is 3.27. The van der Waals surface area contributed by atoms with Crippen molar-refractivity contribution >= 4 is 16.7 Å². The minimum absolute atomic E-state index is 0.0823. The third-order valence-electron chi connectivity index (χ3n) is 5.48. The zero-order valence-electron chi connectivity index (χ0n) is 17.6. The third kappa shape index (κ3) is 5.31. The molecule has 31 heavy (non-hydrogen) atoms. The predicted octanol–water partition coefficient (Wildman–Crippen LogP) is 5.03. The average molecular weight is 415 g/mol. The smallest absolute Gasteiger partial charge is 0.303 e. The number of carbonyl (C=O) groups is 1. The molecule has 0 unspecified atom stereocenters. The van der Waals surface area contributed by atoms with Crippen molar-refractivity contribution in [3.63, 3.8) is 0 Å². The van der Waals surface area contributed by atoms with Gasteiger partial charge in [0.05, 0.1) is 13.2 Å². The molecule has 1 aromatic heterocycles. The largest absolute Gasteiger partial charge is 0.493 e. The van der Waals surface area contributed by atoms with Crippen LogP contribution in [0.25, 0.3) is 10.8 Å². The van der Waals surface area contributed by atoms with Crippen LogP contribution in [0, 0.1) is 6.92 Å². The fourth-order valence-electron chi connectivity index (χ4n) is 3.77. The molecule has 0 aliphatic carbocycles. The molecule has 0 amide bonds. The minimum Gasteiger partial charge on any atom is -0.493 e. The van der Waals surface area contributed by atoms with E-state index in [9.17, 15) is 4.79 Å². The van der Waals surface area contributed by atoms with Crippen molar-refractivity contribution in [1.29, 1.82) is 0 Å². The number of nitrogens with zero attached hydrogens (tertiary/aromatic N) is 2. The summed E-state index contributed by atoms with van der Waals surface area (Å²) >= 11 is 0. The lowest BCUT2D eigenvalue weighted by molar-refractivity contribution is -0.136. The van der Waals surface area contributed by atoms with Crippen LogP contribution in [0.3, 0.4) is 0 Å². The van der Waals surface area contributed by atoms with Gasteiger partial charge in [-0.3, -0.25) is 9.48 Å². The molecule has 0 atom stereocenters. The van der Waals surface area contributed by atoms with E-state index < -0.39 is 5.97 Å². The number of ether oxygens (including phenoxy) is 1. The summed E-state index contributed by atoms with van der Waals surface area (Å²) in [5.74, 6) is -0.0461. The van der Waals surface area contributed by atoms with E-state index in [0.29, 0.717) is 19.6 Å². The van der Waals surface area contributed by atoms with Gasteiger partial charge < -0.3 is 9.84 Å². The topological polar surface area (TPSA) is 64.3 Å². The van der Waals surface area contributed by atoms with Gasteiger partial charge in [0.25, 0.3) is 0 Å². The second-order valence-corrected chi connectivity index (χ2v) is 7.76. The highest BCUT2D eigenvalue weighted by molar-refractivity contribution is 5.83. The van der Waals surface area contributed by atoms with E-state index in [-0.39, 0.29) is 6.42 Å². The number of benzene rings is 3. The second kappa shape index (κ2) is 9.47. The van der Waals surface area contributed by atoms with Gasteiger partial charge in [0, 0.05) is 25.2 Å². The minimum atomic E-state index is -0.805. The van der Waals surface area contributed by atoms with Gasteiger partial charge in [0.2, 0.25) is 0 Å². The van der Waals surface area contributed by atoms with Gasteiger partial charge in [0.15, 0.2) is 0 Å². The Morgan fingerprint density at radius 3 is 2.61 bits per heavy atom. The van der Waals surface area contributed by atoms with Gasteiger partial charge in [0.1, 0.15) is 5.75 Å². The summed E-state index contributed by atoms with van der Waals surface area (Å²) in [6, 6.07) is 20.8. The number of hydrogen-bond acceptors (Lipinski definition) is 3. The summed E-state index contributed by atoms with van der Waals surface area (Å²) in [6.07, 6.45) is 5.00. The number of aliphatic carboxylic acids is 1. The Kier molecular flexibility index (Phi) is 6.32. The first-order valence-electron chi connectivity index (χ1n) is 10.5. The Labute approximate surface area is 181 Å². The maximum atomic E-state index is 11.1. The molecule has 4 aromatic rings. The summed E-state index contributed by atoms with van der Waals surface area (Å²) in [7, 11) is 0. The predicted molar refractivity (Wildman–Crippen MR) is 122 cm³/mol. The maximum Gasteiger partial charge on any atom is 0.303 e. The molecule has 4 rings (SSSR count). The van der Waals surface area contributed by atoms with Crippen molar-refractivity contribution in [2.75, 3.05) is 6.61 Å². The summed E-state index contributed by atoms with van der Waals surface area (Å²) in [5.41, 5.74) is 4.37. The van der Waals surface area contributed by atoms with Gasteiger partial charge in [-0.2, -0.15) is 5.10 Å². The van der Waals surface area contributed by atoms with E-state index in [4.69, 9.17) is 9.84 Å². The van der Waals surface area contributed by atoms with E-state index in [0.717, 1.165) is 28.9 Å². The molecule has 1 heterocycles. The highest BCUT2D eigenvalue weighted by atomic mass is 16.5. The van der Waals surface area contributed by atoms with Crippen LogP contribution in [0.1, 0.15) is 28.7 Å². The number of carboxylic acid groups (broad SMARTS) is 1. The van der Waals surface area contributed by atoms with Crippen LogP contribution in [-0.2, 0) is 24.2 Å². The Morgan fingerprint density at radius 1 is 1.00 bits per heavy atom. The molecular weight excluding hydrogens is 388 g/mol. The van der Waals surface area contributed by atoms with Gasteiger partial charge in [-0.1, -0.05) is 48.5 Å². The molecule has 5 nitrogen and oxygen atoms in total. The Bertz CT molecular complexity index is 1180. The number of fused-ring (bicyclic) bond motifs is 1. The van der Waals surface area contributed by atoms with E-state index >= 15 is 0 Å². The summed E-state index contributed by atoms with van der Waals surface area (Å²) < 4.78 is 8.05. The van der Waals surface area contributed by atoms with Crippen molar-refractivity contribution in [1.82, 2.24) is 9.78 Å². The molecular formula is C26H26N2O3. The lowest BCUT2D eigenvalue weighted by Gasteiger charge is -2.16. The summed E-state index contributed by atoms with van der Waals surface area (Å²) in [5, 5.41) is 15.9. The SMILES string of the molecule is Cc1cc(CCC(=O)O)c(OCCc2ccc3ccccc3c2)cc1Cn1cccn1. The van der Waals surface area contributed by atoms with Crippen molar-refractivity contribution in [2.45, 2.75) is 32.7 Å². The monoisotopic (exact) mass is 414 g/mol. The first kappa shape index (κ1) is 20.7. The van der Waals surface area contributed by atoms with E-state index in [1.54, 1.807) is 6.20 Å². The first-order valence-corrected chi connectivity index (χ1v) is 10.5. The van der Waals surface area contributed by atoms with Crippen LogP contribution in [0.15, 0.2) is 73.1 Å². The molecule has 0 bridgehead atoms. The number of aryl methyl sites for hydroxylation is 2. The molecule has 0 spiro atoms. The van der Waals surface area contributed by atoms with Crippen molar-refractivity contribution < 1.29 is 14.6 Å². The fraction of sp³-hybridized carbons (Fsp3) is 0.231. The highest BCUT2D eigenvalue weighted by Gasteiger charge is 2.12. The zero-order chi connectivity index (χ0) is 21.6. The van der Waals surface area contributed by atoms with Crippen molar-refractivity contribution in [3.8, 4) is 5.75 Å². The zero-order valence-corrected chi connectivity index (χ0v) is 17.6. The summed E-state index contributed by atoms with van der Waals surface area (Å²) in [6.45, 7) is 3.23. The van der Waals surface area contributed by atoms with Crippen molar-refractivity contribution in [2.24, 2.45) is 0 Å². The molecule has 5 heteroatoms. The van der Waals surface area contributed by atoms with Crippen LogP contribution in [0.4, 0.5) is 0 Å². The number of carboxylic acids is 1. The van der Waals surface area contributed by atoms with Crippen LogP contribution in [0.5, 0.6) is 5.75 Å². The maximum absolute atomic E-state index is 11.1. The molecule has 0 fully saturated rings. The van der Waals surface area contributed by atoms with E-state index in [1.807, 2.05) is 48.1 Å². The molecule has 0 saturated carbocycles. The Balaban J connectivity index is 1.51.